The lowest BCUT2D eigenvalue weighted by Crippen LogP contribution is -2.61. The van der Waals surface area contributed by atoms with Gasteiger partial charge in [0.25, 0.3) is 0 Å². The topological polar surface area (TPSA) is 606 Å². The van der Waals surface area contributed by atoms with Crippen molar-refractivity contribution in [3.05, 3.63) is 0 Å². The number of amides is 11. The molecule has 0 saturated heterocycles. The van der Waals surface area contributed by atoms with Gasteiger partial charge in [-0.1, -0.05) is 6.42 Å². The lowest BCUT2D eigenvalue weighted by atomic mass is 10.0. The summed E-state index contributed by atoms with van der Waals surface area (Å²) in [5, 5.41) is 32.4. The van der Waals surface area contributed by atoms with E-state index in [4.69, 9.17) is 57.3 Å². The van der Waals surface area contributed by atoms with E-state index in [9.17, 15) is 62.6 Å². The zero-order chi connectivity index (χ0) is 65.9. The molecule has 11 amide bonds. The van der Waals surface area contributed by atoms with Gasteiger partial charge in [-0.25, -0.2) is 4.79 Å². The molecule has 0 rings (SSSR count). The first-order valence-corrected chi connectivity index (χ1v) is 31.3. The fourth-order valence-corrected chi connectivity index (χ4v) is 9.15. The molecular formula is C52H100N20O13S2. The summed E-state index contributed by atoms with van der Waals surface area (Å²) in [6.07, 6.45) is 4.46. The second kappa shape index (κ2) is 47.4. The third-order valence-electron chi connectivity index (χ3n) is 13.3. The van der Waals surface area contributed by atoms with Crippen molar-refractivity contribution in [3.63, 3.8) is 0 Å². The fraction of sp³-hybridized carbons (Fsp3) is 0.750. The van der Waals surface area contributed by atoms with E-state index in [0.29, 0.717) is 70.9 Å². The quantitative estimate of drug-likeness (QED) is 0.0116. The summed E-state index contributed by atoms with van der Waals surface area (Å²) < 4.78 is 0. The maximum absolute atomic E-state index is 14.3. The number of nitrogens with one attached hydrogen (secondary N) is 9. The Morgan fingerprint density at radius 1 is 0.391 bits per heavy atom. The number of primary amides is 2. The molecule has 0 aromatic rings. The van der Waals surface area contributed by atoms with Gasteiger partial charge in [-0.2, -0.15) is 24.4 Å². The molecule has 87 heavy (non-hydrogen) atoms. The highest BCUT2D eigenvalue weighted by molar-refractivity contribution is 7.98. The van der Waals surface area contributed by atoms with Crippen LogP contribution in [0.5, 0.6) is 0 Å². The van der Waals surface area contributed by atoms with E-state index < -0.39 is 144 Å². The number of carbonyl (C=O) groups excluding carboxylic acids is 11. The predicted molar refractivity (Wildman–Crippen MR) is 332 cm³/mol. The van der Waals surface area contributed by atoms with Crippen molar-refractivity contribution in [2.45, 2.75) is 189 Å². The van der Waals surface area contributed by atoms with Crippen LogP contribution in [0, 0.1) is 0 Å². The van der Waals surface area contributed by atoms with Crippen LogP contribution >= 0.6 is 24.4 Å². The number of nitrogens with two attached hydrogens (primary N) is 10. The molecule has 0 heterocycles. The normalized spacial score (nSPS) is 14.5. The molecular weight excluding hydrogens is 1180 g/mol. The monoisotopic (exact) mass is 1280 g/mol. The molecule has 0 aromatic carbocycles. The molecule has 10 atom stereocenters. The molecule has 0 saturated carbocycles. The van der Waals surface area contributed by atoms with Crippen LogP contribution in [-0.2, 0) is 57.5 Å². The predicted octanol–water partition coefficient (Wildman–Crippen LogP) is -7.11. The number of carboxylic acid groups (broad SMARTS) is 1. The Bertz CT molecular complexity index is 2200. The van der Waals surface area contributed by atoms with Crippen LogP contribution in [0.2, 0.25) is 0 Å². The Labute approximate surface area is 518 Å². The van der Waals surface area contributed by atoms with E-state index in [0.717, 1.165) is 0 Å². The van der Waals surface area contributed by atoms with Gasteiger partial charge in [0.1, 0.15) is 54.4 Å². The lowest BCUT2D eigenvalue weighted by molar-refractivity contribution is -0.142. The van der Waals surface area contributed by atoms with Crippen LogP contribution in [0.15, 0.2) is 4.99 Å². The average molecular weight is 1280 g/mol. The summed E-state index contributed by atoms with van der Waals surface area (Å²) in [7, 11) is 0. The molecule has 498 valence electrons. The molecule has 0 bridgehead atoms. The van der Waals surface area contributed by atoms with Gasteiger partial charge in [-0.15, -0.1) is 0 Å². The molecule has 30 N–H and O–H groups in total. The number of nitrogens with zero attached hydrogens (tertiary/aromatic N) is 1. The minimum absolute atomic E-state index is 0.00412. The molecule has 0 aliphatic carbocycles. The fourth-order valence-electron chi connectivity index (χ4n) is 8.42. The first kappa shape index (κ1) is 80.4. The number of carbonyl (C=O) groups is 12. The summed E-state index contributed by atoms with van der Waals surface area (Å²) in [5.41, 5.74) is 56.3. The van der Waals surface area contributed by atoms with Gasteiger partial charge in [0.15, 0.2) is 5.96 Å². The van der Waals surface area contributed by atoms with Crippen LogP contribution in [0.3, 0.4) is 0 Å². The molecule has 0 aromatic heterocycles. The van der Waals surface area contributed by atoms with Crippen molar-refractivity contribution >= 4 is 101 Å². The summed E-state index contributed by atoms with van der Waals surface area (Å²) in [6.45, 7) is 1.35. The van der Waals surface area contributed by atoms with E-state index in [1.165, 1.54) is 11.8 Å². The average Bonchev–Trinajstić information content (AvgIpc) is 3.02. The number of aliphatic imine (C=N–C) groups is 1. The van der Waals surface area contributed by atoms with E-state index in [1.54, 1.807) is 6.26 Å². The first-order valence-electron chi connectivity index (χ1n) is 29.3. The Balaban J connectivity index is 6.93. The highest BCUT2D eigenvalue weighted by atomic mass is 32.2. The summed E-state index contributed by atoms with van der Waals surface area (Å²) in [5.74, 6) is -12.0. The standard InChI is InChI=1S/C52H100N20O13S2/c1-87-26-19-35(68-44(77)34(18-12-25-63-52(61)62)67-50(83)39(29-86)72-46(79)31(14-3-8-21-54)64-42(75)30(58)13-2-7-20-53)47(80)71-37(27-40(59)73)48(81)66-32(15-4-9-22-55)43(76)65-33(16-5-10-23-56)45(78)70-38(28-41(60)74)49(82)69-36(51(84)85)17-6-11-24-57/h30-39,86H,2-29,53-58H2,1H3,(H2,59,73)(H2,60,74)(H,64,75)(H,65,76)(H,66,81)(H,67,83)(H,68,77)(H,69,82)(H,70,78)(H,71,80)(H,72,79)(H,84,85)(H4,61,62,63)/t30-,31-,32-,33-,34-,35-,36-,37-,38-,39-/m0/s1. The molecule has 0 aliphatic rings. The smallest absolute Gasteiger partial charge is 0.326 e. The number of aliphatic carboxylic acids is 1. The summed E-state index contributed by atoms with van der Waals surface area (Å²) in [6, 6.07) is -14.1. The number of hydrogen-bond donors (Lipinski definition) is 21. The number of rotatable bonds is 51. The maximum Gasteiger partial charge on any atom is 0.326 e. The largest absolute Gasteiger partial charge is 0.480 e. The van der Waals surface area contributed by atoms with Gasteiger partial charge < -0.3 is 110 Å². The van der Waals surface area contributed by atoms with Gasteiger partial charge in [-0.3, -0.25) is 57.7 Å². The van der Waals surface area contributed by atoms with Crippen molar-refractivity contribution in [1.29, 1.82) is 0 Å². The van der Waals surface area contributed by atoms with Gasteiger partial charge in [0, 0.05) is 12.3 Å². The Kier molecular flexibility index (Phi) is 43.8. The number of unbranched alkanes of at least 4 members (excludes halogenated alkanes) is 5. The second-order valence-electron chi connectivity index (χ2n) is 20.7. The maximum atomic E-state index is 14.3. The second-order valence-corrected chi connectivity index (χ2v) is 22.0. The number of thiol groups is 1. The SMILES string of the molecule is CSCC[C@H](NC(=O)[C@H](CCCN=C(N)N)NC(=O)[C@H](CS)NC(=O)[C@H](CCCCN)NC(=O)[C@@H](N)CCCCN)C(=O)N[C@@H](CC(N)=O)C(=O)N[C@@H](CCCCN)C(=O)N[C@@H](CCCCN)C(=O)N[C@@H](CC(N)=O)C(=O)N[C@@H](CCCCN)C(=O)O. The Morgan fingerprint density at radius 3 is 0.989 bits per heavy atom. The van der Waals surface area contributed by atoms with Crippen molar-refractivity contribution in [1.82, 2.24) is 47.9 Å². The summed E-state index contributed by atoms with van der Waals surface area (Å²) >= 11 is 5.57. The van der Waals surface area contributed by atoms with Crippen molar-refractivity contribution in [2.75, 3.05) is 57.0 Å². The third-order valence-corrected chi connectivity index (χ3v) is 14.3. The molecule has 0 spiro atoms. The third kappa shape index (κ3) is 35.7. The van der Waals surface area contributed by atoms with Gasteiger partial charge in [-0.05, 0) is 154 Å². The lowest BCUT2D eigenvalue weighted by Gasteiger charge is -2.28. The highest BCUT2D eigenvalue weighted by Crippen LogP contribution is 2.12. The zero-order valence-electron chi connectivity index (χ0n) is 50.0. The van der Waals surface area contributed by atoms with E-state index in [2.05, 4.69) is 65.5 Å². The van der Waals surface area contributed by atoms with E-state index in [1.807, 2.05) is 0 Å². The minimum atomic E-state index is -1.78. The van der Waals surface area contributed by atoms with E-state index in [-0.39, 0.29) is 101 Å². The van der Waals surface area contributed by atoms with Crippen LogP contribution in [0.25, 0.3) is 0 Å². The van der Waals surface area contributed by atoms with Crippen molar-refractivity contribution in [2.24, 2.45) is 62.3 Å². The van der Waals surface area contributed by atoms with Gasteiger partial charge in [0.05, 0.1) is 18.9 Å². The van der Waals surface area contributed by atoms with Crippen LogP contribution < -0.4 is 105 Å². The molecule has 0 unspecified atom stereocenters. The van der Waals surface area contributed by atoms with Gasteiger partial charge >= 0.3 is 5.97 Å². The molecule has 0 radical (unpaired) electrons. The minimum Gasteiger partial charge on any atom is -0.480 e. The number of thioether (sulfide) groups is 1. The number of carboxylic acids is 1. The molecule has 0 fully saturated rings. The van der Waals surface area contributed by atoms with Crippen LogP contribution in [0.4, 0.5) is 0 Å². The van der Waals surface area contributed by atoms with Gasteiger partial charge in [0.2, 0.25) is 65.0 Å². The van der Waals surface area contributed by atoms with E-state index >= 15 is 0 Å². The Morgan fingerprint density at radius 2 is 0.667 bits per heavy atom. The molecule has 0 aliphatic heterocycles. The first-order chi connectivity index (χ1) is 41.3. The van der Waals surface area contributed by atoms with Crippen molar-refractivity contribution < 1.29 is 62.6 Å². The Hall–Kier alpha value is -6.63. The van der Waals surface area contributed by atoms with Crippen molar-refractivity contribution in [3.8, 4) is 0 Å². The molecule has 33 nitrogen and oxygen atoms in total. The van der Waals surface area contributed by atoms with Crippen LogP contribution in [0.1, 0.15) is 128 Å². The number of guanidine groups is 1. The molecule has 35 heteroatoms. The number of hydrogen-bond acceptors (Lipinski definition) is 21. The van der Waals surface area contributed by atoms with Crippen LogP contribution in [-0.4, -0.2) is 199 Å². The highest BCUT2D eigenvalue weighted by Gasteiger charge is 2.36. The zero-order valence-corrected chi connectivity index (χ0v) is 51.7. The summed E-state index contributed by atoms with van der Waals surface area (Å²) in [4.78, 5) is 166.